The van der Waals surface area contributed by atoms with Gasteiger partial charge in [-0.05, 0) is 34.3 Å². The van der Waals surface area contributed by atoms with Crippen molar-refractivity contribution in [2.24, 2.45) is 5.92 Å². The molecule has 16 heavy (non-hydrogen) atoms. The predicted molar refractivity (Wildman–Crippen MR) is 69.1 cm³/mol. The summed E-state index contributed by atoms with van der Waals surface area (Å²) in [5, 5.41) is 2.74. The highest BCUT2D eigenvalue weighted by Crippen LogP contribution is 2.22. The molecule has 0 unspecified atom stereocenters. The fraction of sp³-hybridized carbons (Fsp3) is 0.455. The maximum Gasteiger partial charge on any atom is 0.225 e. The summed E-state index contributed by atoms with van der Waals surface area (Å²) in [5.41, 5.74) is 6.11. The number of carbonyl (C=O) groups is 1. The third-order valence-electron chi connectivity index (χ3n) is 2.07. The van der Waals surface area contributed by atoms with E-state index >= 15 is 0 Å². The second-order valence-electron chi connectivity index (χ2n) is 4.08. The number of halogens is 1. The Bertz CT molecular complexity index is 379. The first-order valence-corrected chi connectivity index (χ1v) is 5.99. The van der Waals surface area contributed by atoms with Gasteiger partial charge in [0.1, 0.15) is 5.82 Å². The molecular weight excluding hydrogens is 270 g/mol. The average molecular weight is 286 g/mol. The first kappa shape index (κ1) is 13.0. The number of hydrogen-bond donors (Lipinski definition) is 2. The summed E-state index contributed by atoms with van der Waals surface area (Å²) in [6, 6.07) is 1.71. The summed E-state index contributed by atoms with van der Waals surface area (Å²) in [7, 11) is 0. The zero-order valence-corrected chi connectivity index (χ0v) is 11.0. The number of hydrogen-bond acceptors (Lipinski definition) is 3. The topological polar surface area (TPSA) is 68.0 Å². The van der Waals surface area contributed by atoms with E-state index in [-0.39, 0.29) is 5.91 Å². The third-order valence-corrected chi connectivity index (χ3v) is 2.67. The molecule has 0 saturated heterocycles. The Morgan fingerprint density at radius 3 is 2.88 bits per heavy atom. The van der Waals surface area contributed by atoms with Gasteiger partial charge in [0.2, 0.25) is 5.91 Å². The van der Waals surface area contributed by atoms with Crippen LogP contribution in [0.3, 0.4) is 0 Å². The Balaban J connectivity index is 2.56. The number of rotatable bonds is 4. The summed E-state index contributed by atoms with van der Waals surface area (Å²) >= 11 is 3.30. The van der Waals surface area contributed by atoms with Crippen molar-refractivity contribution >= 4 is 33.3 Å². The van der Waals surface area contributed by atoms with Gasteiger partial charge in [-0.15, -0.1) is 0 Å². The summed E-state index contributed by atoms with van der Waals surface area (Å²) < 4.78 is 0.699. The lowest BCUT2D eigenvalue weighted by Gasteiger charge is -2.07. The lowest BCUT2D eigenvalue weighted by atomic mass is 10.1. The number of nitrogen functional groups attached to an aromatic ring is 1. The first-order valence-electron chi connectivity index (χ1n) is 5.20. The summed E-state index contributed by atoms with van der Waals surface area (Å²) in [6.45, 7) is 4.18. The predicted octanol–water partition coefficient (Wildman–Crippen LogP) is 2.80. The number of nitrogens with zero attached hydrogens (tertiary/aromatic N) is 1. The van der Waals surface area contributed by atoms with E-state index < -0.39 is 0 Å². The van der Waals surface area contributed by atoms with E-state index in [2.05, 4.69) is 40.1 Å². The molecule has 0 aliphatic heterocycles. The molecule has 0 radical (unpaired) electrons. The van der Waals surface area contributed by atoms with Crippen LogP contribution in [0.1, 0.15) is 26.7 Å². The normalized spacial score (nSPS) is 10.5. The van der Waals surface area contributed by atoms with Crippen molar-refractivity contribution in [3.05, 3.63) is 16.7 Å². The van der Waals surface area contributed by atoms with Crippen LogP contribution in [-0.2, 0) is 4.79 Å². The Kier molecular flexibility index (Phi) is 4.73. The molecule has 1 aromatic rings. The molecule has 0 aliphatic rings. The van der Waals surface area contributed by atoms with Crippen LogP contribution in [-0.4, -0.2) is 10.9 Å². The molecule has 1 aromatic heterocycles. The van der Waals surface area contributed by atoms with Crippen LogP contribution < -0.4 is 11.1 Å². The molecule has 4 nitrogen and oxygen atoms in total. The van der Waals surface area contributed by atoms with Gasteiger partial charge < -0.3 is 11.1 Å². The average Bonchev–Trinajstić information content (AvgIpc) is 2.19. The maximum absolute atomic E-state index is 11.6. The van der Waals surface area contributed by atoms with Gasteiger partial charge in [-0.3, -0.25) is 4.79 Å². The summed E-state index contributed by atoms with van der Waals surface area (Å²) in [6.07, 6.45) is 2.90. The minimum atomic E-state index is -0.0216. The van der Waals surface area contributed by atoms with E-state index in [0.29, 0.717) is 28.3 Å². The zero-order chi connectivity index (χ0) is 12.1. The van der Waals surface area contributed by atoms with Gasteiger partial charge in [0, 0.05) is 6.42 Å². The largest absolute Gasteiger partial charge is 0.397 e. The lowest BCUT2D eigenvalue weighted by molar-refractivity contribution is -0.116. The van der Waals surface area contributed by atoms with Crippen molar-refractivity contribution in [3.63, 3.8) is 0 Å². The van der Waals surface area contributed by atoms with Gasteiger partial charge >= 0.3 is 0 Å². The first-order chi connectivity index (χ1) is 7.49. The maximum atomic E-state index is 11.6. The second kappa shape index (κ2) is 5.84. The number of nitrogens with one attached hydrogen (secondary N) is 1. The number of pyridine rings is 1. The summed E-state index contributed by atoms with van der Waals surface area (Å²) in [5.74, 6) is 1.02. The third kappa shape index (κ3) is 4.18. The molecule has 0 saturated carbocycles. The number of anilines is 2. The van der Waals surface area contributed by atoms with E-state index in [9.17, 15) is 4.79 Å². The molecule has 3 N–H and O–H groups in total. The van der Waals surface area contributed by atoms with Gasteiger partial charge in [0.15, 0.2) is 0 Å². The molecule has 1 amide bonds. The molecular formula is C11H16BrN3O. The lowest BCUT2D eigenvalue weighted by Crippen LogP contribution is -2.13. The molecule has 88 valence electrons. The van der Waals surface area contributed by atoms with Crippen molar-refractivity contribution in [1.82, 2.24) is 4.98 Å². The number of nitrogens with two attached hydrogens (primary N) is 1. The molecule has 1 rings (SSSR count). The molecule has 1 heterocycles. The highest BCUT2D eigenvalue weighted by molar-refractivity contribution is 9.10. The molecule has 0 atom stereocenters. The van der Waals surface area contributed by atoms with Crippen LogP contribution in [0.25, 0.3) is 0 Å². The van der Waals surface area contributed by atoms with Crippen molar-refractivity contribution < 1.29 is 4.79 Å². The SMILES string of the molecule is CC(C)CCC(=O)Nc1ncc(N)cc1Br. The van der Waals surface area contributed by atoms with Gasteiger partial charge in [0.05, 0.1) is 16.4 Å². The smallest absolute Gasteiger partial charge is 0.225 e. The quantitative estimate of drug-likeness (QED) is 0.894. The van der Waals surface area contributed by atoms with Crippen molar-refractivity contribution in [2.75, 3.05) is 11.1 Å². The molecule has 0 aliphatic carbocycles. The number of aromatic nitrogens is 1. The monoisotopic (exact) mass is 285 g/mol. The number of amides is 1. The van der Waals surface area contributed by atoms with Crippen molar-refractivity contribution in [3.8, 4) is 0 Å². The van der Waals surface area contributed by atoms with E-state index in [1.165, 1.54) is 6.20 Å². The molecule has 0 aromatic carbocycles. The fourth-order valence-corrected chi connectivity index (χ4v) is 1.62. The van der Waals surface area contributed by atoms with Crippen LogP contribution in [0.5, 0.6) is 0 Å². The van der Waals surface area contributed by atoms with Crippen LogP contribution in [0.15, 0.2) is 16.7 Å². The van der Waals surface area contributed by atoms with Crippen molar-refractivity contribution in [1.29, 1.82) is 0 Å². The van der Waals surface area contributed by atoms with Crippen molar-refractivity contribution in [2.45, 2.75) is 26.7 Å². The standard InChI is InChI=1S/C11H16BrN3O/c1-7(2)3-4-10(16)15-11-9(12)5-8(13)6-14-11/h5-7H,3-4,13H2,1-2H3,(H,14,15,16). The highest BCUT2D eigenvalue weighted by atomic mass is 79.9. The van der Waals surface area contributed by atoms with Crippen LogP contribution >= 0.6 is 15.9 Å². The molecule has 0 fully saturated rings. The van der Waals surface area contributed by atoms with E-state index in [1.54, 1.807) is 6.07 Å². The van der Waals surface area contributed by atoms with E-state index in [1.807, 2.05) is 0 Å². The Hall–Kier alpha value is -1.10. The summed E-state index contributed by atoms with van der Waals surface area (Å²) in [4.78, 5) is 15.6. The second-order valence-corrected chi connectivity index (χ2v) is 4.93. The fourth-order valence-electron chi connectivity index (χ4n) is 1.16. The van der Waals surface area contributed by atoms with Gasteiger partial charge in [-0.25, -0.2) is 4.98 Å². The minimum Gasteiger partial charge on any atom is -0.397 e. The van der Waals surface area contributed by atoms with E-state index in [4.69, 9.17) is 5.73 Å². The van der Waals surface area contributed by atoms with Crippen LogP contribution in [0.4, 0.5) is 11.5 Å². The molecule has 0 spiro atoms. The van der Waals surface area contributed by atoms with Crippen LogP contribution in [0, 0.1) is 5.92 Å². The molecule has 0 bridgehead atoms. The van der Waals surface area contributed by atoms with Crippen LogP contribution in [0.2, 0.25) is 0 Å². The van der Waals surface area contributed by atoms with Gasteiger partial charge in [0.25, 0.3) is 0 Å². The zero-order valence-electron chi connectivity index (χ0n) is 9.46. The minimum absolute atomic E-state index is 0.0216. The molecule has 5 heteroatoms. The van der Waals surface area contributed by atoms with Gasteiger partial charge in [-0.1, -0.05) is 13.8 Å². The Morgan fingerprint density at radius 1 is 1.62 bits per heavy atom. The Morgan fingerprint density at radius 2 is 2.31 bits per heavy atom. The highest BCUT2D eigenvalue weighted by Gasteiger charge is 2.07. The Labute approximate surface area is 104 Å². The van der Waals surface area contributed by atoms with E-state index in [0.717, 1.165) is 6.42 Å². The number of carbonyl (C=O) groups excluding carboxylic acids is 1. The van der Waals surface area contributed by atoms with Gasteiger partial charge in [-0.2, -0.15) is 0 Å².